The normalized spacial score (nSPS) is 10.1. The zero-order valence-electron chi connectivity index (χ0n) is 12.8. The van der Waals surface area contributed by atoms with Gasteiger partial charge in [-0.15, -0.1) is 0 Å². The van der Waals surface area contributed by atoms with Crippen LogP contribution in [0, 0.1) is 0 Å². The smallest absolute Gasteiger partial charge is 0.224 e. The van der Waals surface area contributed by atoms with Crippen molar-refractivity contribution in [2.45, 2.75) is 39.5 Å². The number of rotatable bonds is 8. The van der Waals surface area contributed by atoms with Gasteiger partial charge in [-0.3, -0.25) is 19.2 Å². The van der Waals surface area contributed by atoms with Crippen molar-refractivity contribution in [1.29, 1.82) is 0 Å². The predicted octanol–water partition coefficient (Wildman–Crippen LogP) is 2.08. The molecule has 0 spiro atoms. The van der Waals surface area contributed by atoms with Crippen molar-refractivity contribution in [3.05, 3.63) is 29.3 Å². The molecule has 2 amide bonds. The third-order valence-corrected chi connectivity index (χ3v) is 3.11. The summed E-state index contributed by atoms with van der Waals surface area (Å²) in [4.78, 5) is 45.3. The van der Waals surface area contributed by atoms with E-state index >= 15 is 0 Å². The van der Waals surface area contributed by atoms with Gasteiger partial charge in [0, 0.05) is 29.7 Å². The number of benzene rings is 1. The highest BCUT2D eigenvalue weighted by molar-refractivity contribution is 6.02. The Bertz CT molecular complexity index is 576. The molecule has 0 aromatic heterocycles. The van der Waals surface area contributed by atoms with Gasteiger partial charge in [0.25, 0.3) is 0 Å². The van der Waals surface area contributed by atoms with Crippen LogP contribution in [0.15, 0.2) is 18.2 Å². The lowest BCUT2D eigenvalue weighted by Crippen LogP contribution is -2.13. The first kappa shape index (κ1) is 17.6. The molecule has 22 heavy (non-hydrogen) atoms. The molecule has 0 bridgehead atoms. The van der Waals surface area contributed by atoms with E-state index in [0.717, 1.165) is 0 Å². The molecule has 6 nitrogen and oxygen atoms in total. The van der Waals surface area contributed by atoms with Gasteiger partial charge in [0.15, 0.2) is 11.6 Å². The summed E-state index contributed by atoms with van der Waals surface area (Å²) in [6.07, 6.45) is 1.59. The minimum absolute atomic E-state index is 0.181. The number of nitrogens with two attached hydrogens (primary N) is 1. The summed E-state index contributed by atoms with van der Waals surface area (Å²) in [5.74, 6) is -0.986. The van der Waals surface area contributed by atoms with Gasteiger partial charge in [0.1, 0.15) is 0 Å². The Hall–Kier alpha value is -2.50. The number of amides is 2. The average Bonchev–Trinajstić information content (AvgIpc) is 2.42. The number of nitrogens with one attached hydrogen (secondary N) is 1. The summed E-state index contributed by atoms with van der Waals surface area (Å²) in [5.41, 5.74) is 6.18. The van der Waals surface area contributed by atoms with E-state index in [1.165, 1.54) is 32.0 Å². The van der Waals surface area contributed by atoms with Gasteiger partial charge >= 0.3 is 0 Å². The van der Waals surface area contributed by atoms with Crippen LogP contribution in [0.1, 0.15) is 60.2 Å². The van der Waals surface area contributed by atoms with Crippen molar-refractivity contribution < 1.29 is 19.2 Å². The van der Waals surface area contributed by atoms with E-state index in [-0.39, 0.29) is 36.2 Å². The summed E-state index contributed by atoms with van der Waals surface area (Å²) >= 11 is 0. The molecule has 0 radical (unpaired) electrons. The fraction of sp³-hybridized carbons (Fsp3) is 0.375. The summed E-state index contributed by atoms with van der Waals surface area (Å²) in [6.45, 7) is 2.80. The SMILES string of the molecule is CC(=O)c1cc(NC(=O)CCCCC(N)=O)cc(C(C)=O)c1. The number of Topliss-reactive ketones (excluding diaryl/α,β-unsaturated/α-hetero) is 2. The highest BCUT2D eigenvalue weighted by Gasteiger charge is 2.10. The molecule has 0 heterocycles. The molecule has 0 fully saturated rings. The summed E-state index contributed by atoms with van der Waals surface area (Å²) in [7, 11) is 0. The zero-order valence-corrected chi connectivity index (χ0v) is 12.8. The highest BCUT2D eigenvalue weighted by atomic mass is 16.2. The molecule has 1 rings (SSSR count). The highest BCUT2D eigenvalue weighted by Crippen LogP contribution is 2.17. The number of primary amides is 1. The molecule has 118 valence electrons. The second-order valence-corrected chi connectivity index (χ2v) is 5.13. The third kappa shape index (κ3) is 5.87. The maximum atomic E-state index is 11.8. The fourth-order valence-electron chi connectivity index (χ4n) is 1.91. The first-order valence-electron chi connectivity index (χ1n) is 7.04. The molecule has 6 heteroatoms. The first-order valence-corrected chi connectivity index (χ1v) is 7.04. The lowest BCUT2D eigenvalue weighted by atomic mass is 10.0. The molecule has 0 saturated carbocycles. The lowest BCUT2D eigenvalue weighted by Gasteiger charge is -2.08. The van der Waals surface area contributed by atoms with Gasteiger partial charge in [-0.2, -0.15) is 0 Å². The van der Waals surface area contributed by atoms with Crippen LogP contribution in [0.5, 0.6) is 0 Å². The van der Waals surface area contributed by atoms with E-state index in [0.29, 0.717) is 29.7 Å². The van der Waals surface area contributed by atoms with Gasteiger partial charge in [-0.05, 0) is 44.9 Å². The van der Waals surface area contributed by atoms with Crippen molar-refractivity contribution in [3.63, 3.8) is 0 Å². The minimum Gasteiger partial charge on any atom is -0.370 e. The lowest BCUT2D eigenvalue weighted by molar-refractivity contribution is -0.119. The summed E-state index contributed by atoms with van der Waals surface area (Å²) < 4.78 is 0. The third-order valence-electron chi connectivity index (χ3n) is 3.11. The van der Waals surface area contributed by atoms with E-state index in [9.17, 15) is 19.2 Å². The van der Waals surface area contributed by atoms with Crippen LogP contribution in [-0.4, -0.2) is 23.4 Å². The Labute approximate surface area is 129 Å². The Balaban J connectivity index is 2.71. The minimum atomic E-state index is -0.388. The molecule has 0 aliphatic heterocycles. The number of carbonyl (C=O) groups is 4. The maximum Gasteiger partial charge on any atom is 0.224 e. The number of hydrogen-bond donors (Lipinski definition) is 2. The van der Waals surface area contributed by atoms with Crippen LogP contribution in [0.2, 0.25) is 0 Å². The van der Waals surface area contributed by atoms with Crippen LogP contribution >= 0.6 is 0 Å². The van der Waals surface area contributed by atoms with Crippen molar-refractivity contribution in [3.8, 4) is 0 Å². The topological polar surface area (TPSA) is 106 Å². The fourth-order valence-corrected chi connectivity index (χ4v) is 1.91. The van der Waals surface area contributed by atoms with Crippen LogP contribution in [0.25, 0.3) is 0 Å². The second-order valence-electron chi connectivity index (χ2n) is 5.13. The molecular weight excluding hydrogens is 284 g/mol. The number of carbonyl (C=O) groups excluding carboxylic acids is 4. The van der Waals surface area contributed by atoms with Crippen molar-refractivity contribution in [1.82, 2.24) is 0 Å². The maximum absolute atomic E-state index is 11.8. The molecule has 1 aromatic carbocycles. The summed E-state index contributed by atoms with van der Waals surface area (Å²) in [5, 5.41) is 2.66. The Morgan fingerprint density at radius 2 is 1.41 bits per heavy atom. The van der Waals surface area contributed by atoms with Gasteiger partial charge < -0.3 is 11.1 Å². The van der Waals surface area contributed by atoms with Crippen LogP contribution in [0.4, 0.5) is 5.69 Å². The van der Waals surface area contributed by atoms with E-state index in [2.05, 4.69) is 5.32 Å². The van der Waals surface area contributed by atoms with Crippen molar-refractivity contribution in [2.75, 3.05) is 5.32 Å². The molecular formula is C16H20N2O4. The second kappa shape index (κ2) is 8.07. The summed E-state index contributed by atoms with van der Waals surface area (Å²) in [6, 6.07) is 4.58. The van der Waals surface area contributed by atoms with Gasteiger partial charge in [0.2, 0.25) is 11.8 Å². The Morgan fingerprint density at radius 3 is 1.86 bits per heavy atom. The standard InChI is InChI=1S/C16H20N2O4/c1-10(19)12-7-13(11(2)20)9-14(8-12)18-16(22)6-4-3-5-15(17)21/h7-9H,3-6H2,1-2H3,(H2,17,21)(H,18,22). The molecule has 3 N–H and O–H groups in total. The van der Waals surface area contributed by atoms with E-state index in [1.807, 2.05) is 0 Å². The predicted molar refractivity (Wildman–Crippen MR) is 82.7 cm³/mol. The zero-order chi connectivity index (χ0) is 16.7. The monoisotopic (exact) mass is 304 g/mol. The van der Waals surface area contributed by atoms with Crippen molar-refractivity contribution in [2.24, 2.45) is 5.73 Å². The quantitative estimate of drug-likeness (QED) is 0.566. The largest absolute Gasteiger partial charge is 0.370 e. The van der Waals surface area contributed by atoms with E-state index in [1.54, 1.807) is 0 Å². The van der Waals surface area contributed by atoms with Crippen LogP contribution in [-0.2, 0) is 9.59 Å². The molecule has 0 aliphatic carbocycles. The molecule has 1 aromatic rings. The van der Waals surface area contributed by atoms with Gasteiger partial charge in [0.05, 0.1) is 0 Å². The first-order chi connectivity index (χ1) is 10.3. The number of hydrogen-bond acceptors (Lipinski definition) is 4. The van der Waals surface area contributed by atoms with Gasteiger partial charge in [-0.1, -0.05) is 0 Å². The Kier molecular flexibility index (Phi) is 6.44. The average molecular weight is 304 g/mol. The van der Waals surface area contributed by atoms with Gasteiger partial charge in [-0.25, -0.2) is 0 Å². The van der Waals surface area contributed by atoms with Crippen LogP contribution in [0.3, 0.4) is 0 Å². The molecule has 0 unspecified atom stereocenters. The number of anilines is 1. The van der Waals surface area contributed by atoms with Crippen LogP contribution < -0.4 is 11.1 Å². The molecule has 0 saturated heterocycles. The van der Waals surface area contributed by atoms with E-state index in [4.69, 9.17) is 5.73 Å². The van der Waals surface area contributed by atoms with Crippen molar-refractivity contribution >= 4 is 29.1 Å². The Morgan fingerprint density at radius 1 is 0.909 bits per heavy atom. The number of ketones is 2. The van der Waals surface area contributed by atoms with E-state index < -0.39 is 0 Å². The molecule has 0 atom stereocenters. The number of unbranched alkanes of at least 4 members (excludes halogenated alkanes) is 1. The molecule has 0 aliphatic rings.